The van der Waals surface area contributed by atoms with Crippen molar-refractivity contribution in [3.8, 4) is 0 Å². The molecule has 8 heteroatoms. The largest absolute Gasteiger partial charge is 0.756 e. The lowest BCUT2D eigenvalue weighted by Gasteiger charge is -2.46. The predicted octanol–water partition coefficient (Wildman–Crippen LogP) is 3.95. The molecule has 0 aliphatic rings. The maximum absolute atomic E-state index is 11.5. The maximum Gasteiger partial charge on any atom is 0.330 e. The van der Waals surface area contributed by atoms with Crippen LogP contribution >= 0.6 is 7.82 Å². The summed E-state index contributed by atoms with van der Waals surface area (Å²) in [6.45, 7) is 11.3. The number of allylic oxidation sites excluding steroid dienone is 1. The predicted molar refractivity (Wildman–Crippen MR) is 114 cm³/mol. The second kappa shape index (κ2) is 16.0. The molecule has 0 aromatic carbocycles. The van der Waals surface area contributed by atoms with Crippen LogP contribution in [0.3, 0.4) is 0 Å². The molecule has 0 fully saturated rings. The van der Waals surface area contributed by atoms with Gasteiger partial charge in [0.05, 0.1) is 26.2 Å². The number of hydrogen-bond acceptors (Lipinski definition) is 5. The third-order valence-electron chi connectivity index (χ3n) is 5.30. The SMILES string of the molecule is CC=CC(=O)OCCCC(COP(=O)([O-])O)[N+](CCCC)(CCCC)CCCC. The number of quaternary nitrogens is 1. The number of hydrogen-bond donors (Lipinski definition) is 1. The van der Waals surface area contributed by atoms with E-state index in [0.717, 1.165) is 62.6 Å². The Labute approximate surface area is 177 Å². The van der Waals surface area contributed by atoms with Gasteiger partial charge in [0.1, 0.15) is 12.6 Å². The summed E-state index contributed by atoms with van der Waals surface area (Å²) >= 11 is 0. The van der Waals surface area contributed by atoms with Crippen LogP contribution in [0.25, 0.3) is 0 Å². The number of phosphoric acid groups is 1. The van der Waals surface area contributed by atoms with Crippen molar-refractivity contribution in [2.45, 2.75) is 85.1 Å². The molecule has 0 aliphatic heterocycles. The number of unbranched alkanes of at least 4 members (excludes halogenated alkanes) is 3. The summed E-state index contributed by atoms with van der Waals surface area (Å²) < 4.78 is 22.1. The molecule has 0 saturated carbocycles. The van der Waals surface area contributed by atoms with Crippen LogP contribution in [0, 0.1) is 0 Å². The number of phosphoric ester groups is 1. The first-order valence-corrected chi connectivity index (χ1v) is 12.6. The Hall–Kier alpha value is -0.720. The topological polar surface area (TPSA) is 95.9 Å². The molecule has 0 rings (SSSR count). The molecule has 0 spiro atoms. The summed E-state index contributed by atoms with van der Waals surface area (Å²) in [5.41, 5.74) is 0. The van der Waals surface area contributed by atoms with Crippen molar-refractivity contribution in [1.29, 1.82) is 0 Å². The minimum Gasteiger partial charge on any atom is -0.756 e. The third kappa shape index (κ3) is 13.2. The van der Waals surface area contributed by atoms with Crippen molar-refractivity contribution in [1.82, 2.24) is 0 Å². The van der Waals surface area contributed by atoms with Crippen molar-refractivity contribution in [2.24, 2.45) is 0 Å². The van der Waals surface area contributed by atoms with Crippen LogP contribution in [-0.4, -0.2) is 54.2 Å². The first kappa shape index (κ1) is 28.3. The van der Waals surface area contributed by atoms with Crippen LogP contribution in [0.2, 0.25) is 0 Å². The molecule has 0 aromatic heterocycles. The first-order valence-electron chi connectivity index (χ1n) is 11.1. The summed E-state index contributed by atoms with van der Waals surface area (Å²) in [4.78, 5) is 31.9. The zero-order valence-electron chi connectivity index (χ0n) is 18.8. The summed E-state index contributed by atoms with van der Waals surface area (Å²) in [6, 6.07) is -0.0745. The van der Waals surface area contributed by atoms with Crippen LogP contribution in [0.15, 0.2) is 12.2 Å². The number of esters is 1. The Morgan fingerprint density at radius 3 is 2.00 bits per heavy atom. The van der Waals surface area contributed by atoms with E-state index in [2.05, 4.69) is 20.8 Å². The highest BCUT2D eigenvalue weighted by Crippen LogP contribution is 2.33. The molecule has 0 radical (unpaired) electrons. The van der Waals surface area contributed by atoms with Crippen LogP contribution < -0.4 is 4.89 Å². The maximum atomic E-state index is 11.5. The molecule has 2 unspecified atom stereocenters. The fourth-order valence-electron chi connectivity index (χ4n) is 3.67. The number of carbonyl (C=O) groups is 1. The molecule has 0 bridgehead atoms. The van der Waals surface area contributed by atoms with Gasteiger partial charge < -0.3 is 23.5 Å². The molecule has 0 aromatic rings. The van der Waals surface area contributed by atoms with Gasteiger partial charge in [-0.2, -0.15) is 0 Å². The molecule has 172 valence electrons. The number of nitrogens with zero attached hydrogens (tertiary/aromatic N) is 1. The van der Waals surface area contributed by atoms with Crippen molar-refractivity contribution >= 4 is 13.8 Å². The van der Waals surface area contributed by atoms with E-state index in [4.69, 9.17) is 14.2 Å². The molecule has 0 heterocycles. The fourth-order valence-corrected chi connectivity index (χ4v) is 4.03. The van der Waals surface area contributed by atoms with Crippen molar-refractivity contribution in [2.75, 3.05) is 32.8 Å². The van der Waals surface area contributed by atoms with E-state index in [-0.39, 0.29) is 25.2 Å². The Morgan fingerprint density at radius 2 is 1.59 bits per heavy atom. The second-order valence-electron chi connectivity index (χ2n) is 7.68. The molecule has 0 saturated heterocycles. The van der Waals surface area contributed by atoms with Crippen LogP contribution in [-0.2, 0) is 18.6 Å². The molecular formula is C21H42NO6P. The average molecular weight is 436 g/mol. The summed E-state index contributed by atoms with van der Waals surface area (Å²) in [5.74, 6) is -0.372. The Balaban J connectivity index is 5.40. The lowest BCUT2D eigenvalue weighted by atomic mass is 10.0. The van der Waals surface area contributed by atoms with Gasteiger partial charge in [0.25, 0.3) is 7.82 Å². The highest BCUT2D eigenvalue weighted by Gasteiger charge is 2.36. The van der Waals surface area contributed by atoms with E-state index >= 15 is 0 Å². The van der Waals surface area contributed by atoms with Crippen LogP contribution in [0.4, 0.5) is 0 Å². The number of rotatable bonds is 18. The van der Waals surface area contributed by atoms with Gasteiger partial charge in [-0.05, 0) is 32.6 Å². The Morgan fingerprint density at radius 1 is 1.07 bits per heavy atom. The normalized spacial score (nSPS) is 15.4. The van der Waals surface area contributed by atoms with Gasteiger partial charge in [0, 0.05) is 12.5 Å². The zero-order chi connectivity index (χ0) is 22.2. The molecule has 7 nitrogen and oxygen atoms in total. The van der Waals surface area contributed by atoms with E-state index in [1.807, 2.05) is 0 Å². The number of ether oxygens (including phenoxy) is 1. The van der Waals surface area contributed by atoms with Gasteiger partial charge in [-0.1, -0.05) is 46.1 Å². The zero-order valence-corrected chi connectivity index (χ0v) is 19.7. The van der Waals surface area contributed by atoms with E-state index in [9.17, 15) is 14.3 Å². The second-order valence-corrected chi connectivity index (χ2v) is 8.87. The third-order valence-corrected chi connectivity index (χ3v) is 5.78. The van der Waals surface area contributed by atoms with E-state index in [1.165, 1.54) is 6.08 Å². The van der Waals surface area contributed by atoms with E-state index in [1.54, 1.807) is 13.0 Å². The lowest BCUT2D eigenvalue weighted by Crippen LogP contribution is -2.58. The first-order chi connectivity index (χ1) is 13.7. The van der Waals surface area contributed by atoms with Gasteiger partial charge in [-0.3, -0.25) is 4.57 Å². The van der Waals surface area contributed by atoms with Gasteiger partial charge >= 0.3 is 5.97 Å². The Kier molecular flexibility index (Phi) is 15.6. The van der Waals surface area contributed by atoms with Crippen molar-refractivity contribution in [3.05, 3.63) is 12.2 Å². The lowest BCUT2D eigenvalue weighted by molar-refractivity contribution is -0.952. The van der Waals surface area contributed by atoms with Crippen molar-refractivity contribution in [3.63, 3.8) is 0 Å². The summed E-state index contributed by atoms with van der Waals surface area (Å²) in [7, 11) is -4.79. The van der Waals surface area contributed by atoms with Gasteiger partial charge in [0.15, 0.2) is 0 Å². The molecule has 29 heavy (non-hydrogen) atoms. The molecular weight excluding hydrogens is 393 g/mol. The van der Waals surface area contributed by atoms with E-state index in [0.29, 0.717) is 12.8 Å². The highest BCUT2D eigenvalue weighted by atomic mass is 31.2. The summed E-state index contributed by atoms with van der Waals surface area (Å²) in [6.07, 6.45) is 10.6. The standard InChI is InChI=1S/C21H42NO6P/c1-5-9-15-22(16-10-6-2,17-11-7-3)20(19-28-29(24,25)26)14-12-18-27-21(23)13-8-4/h8,13,20H,5-7,9-12,14-19H2,1-4H3,(H-,24,25,26). The van der Waals surface area contributed by atoms with Gasteiger partial charge in [-0.15, -0.1) is 0 Å². The monoisotopic (exact) mass is 435 g/mol. The molecule has 1 N–H and O–H groups in total. The minimum absolute atomic E-state index is 0.0444. The van der Waals surface area contributed by atoms with Crippen molar-refractivity contribution < 1.29 is 32.9 Å². The highest BCUT2D eigenvalue weighted by molar-refractivity contribution is 7.44. The fraction of sp³-hybridized carbons (Fsp3) is 0.857. The smallest absolute Gasteiger partial charge is 0.330 e. The van der Waals surface area contributed by atoms with E-state index < -0.39 is 7.82 Å². The van der Waals surface area contributed by atoms with Gasteiger partial charge in [0.2, 0.25) is 0 Å². The quantitative estimate of drug-likeness (QED) is 0.115. The van der Waals surface area contributed by atoms with Crippen LogP contribution in [0.5, 0.6) is 0 Å². The molecule has 0 aliphatic carbocycles. The minimum atomic E-state index is -4.79. The van der Waals surface area contributed by atoms with Gasteiger partial charge in [-0.25, -0.2) is 4.79 Å². The molecule has 2 atom stereocenters. The summed E-state index contributed by atoms with van der Waals surface area (Å²) in [5, 5.41) is 0. The number of carbonyl (C=O) groups excluding carboxylic acids is 1. The Bertz CT molecular complexity index is 484. The average Bonchev–Trinajstić information content (AvgIpc) is 2.67. The van der Waals surface area contributed by atoms with Crippen LogP contribution in [0.1, 0.15) is 79.1 Å². The molecule has 0 amide bonds.